The van der Waals surface area contributed by atoms with Crippen molar-refractivity contribution >= 4 is 5.71 Å². The predicted molar refractivity (Wildman–Crippen MR) is 108 cm³/mol. The van der Waals surface area contributed by atoms with Crippen LogP contribution in [0.25, 0.3) is 0 Å². The third-order valence-corrected chi connectivity index (χ3v) is 9.60. The molecule has 1 nitrogen and oxygen atoms in total. The minimum Gasteiger partial charge on any atom is -0.293 e. The van der Waals surface area contributed by atoms with Crippen molar-refractivity contribution in [2.75, 3.05) is 7.05 Å². The molecule has 1 heteroatoms. The van der Waals surface area contributed by atoms with E-state index in [1.807, 2.05) is 7.05 Å². The fourth-order valence-corrected chi connectivity index (χ4v) is 8.14. The molecule has 0 aromatic rings. The van der Waals surface area contributed by atoms with Crippen molar-refractivity contribution in [3.63, 3.8) is 0 Å². The van der Waals surface area contributed by atoms with Crippen LogP contribution in [-0.4, -0.2) is 12.8 Å². The zero-order chi connectivity index (χ0) is 17.8. The molecule has 4 aliphatic rings. The Morgan fingerprint density at radius 3 is 2.68 bits per heavy atom. The van der Waals surface area contributed by atoms with E-state index in [1.54, 1.807) is 5.57 Å². The molecule has 0 amide bonds. The second-order valence-electron chi connectivity index (χ2n) is 9.93. The molecule has 25 heavy (non-hydrogen) atoms. The first-order chi connectivity index (χ1) is 12.1. The fraction of sp³-hybridized carbons (Fsp3) is 0.875. The Labute approximate surface area is 155 Å². The van der Waals surface area contributed by atoms with Crippen LogP contribution in [0.1, 0.15) is 79.1 Å². The molecule has 0 aromatic carbocycles. The molecule has 3 fully saturated rings. The molecule has 4 rings (SSSR count). The second kappa shape index (κ2) is 6.54. The SMILES string of the molecule is CCC1CC2=CC(=NC)CCC2C2CCC3(CC)C(C)C(C)CC3C12. The van der Waals surface area contributed by atoms with Crippen LogP contribution in [0, 0.1) is 46.8 Å². The molecule has 0 N–H and O–H groups in total. The number of fused-ring (bicyclic) bond motifs is 5. The van der Waals surface area contributed by atoms with E-state index in [9.17, 15) is 0 Å². The van der Waals surface area contributed by atoms with Crippen molar-refractivity contribution < 1.29 is 0 Å². The topological polar surface area (TPSA) is 12.4 Å². The Morgan fingerprint density at radius 2 is 2.00 bits per heavy atom. The van der Waals surface area contributed by atoms with Crippen molar-refractivity contribution in [1.82, 2.24) is 0 Å². The molecule has 0 heterocycles. The van der Waals surface area contributed by atoms with Gasteiger partial charge in [0.25, 0.3) is 0 Å². The highest BCUT2D eigenvalue weighted by Gasteiger charge is 2.59. The van der Waals surface area contributed by atoms with Crippen LogP contribution in [0.15, 0.2) is 16.6 Å². The van der Waals surface area contributed by atoms with Gasteiger partial charge in [0.15, 0.2) is 0 Å². The number of rotatable bonds is 2. The van der Waals surface area contributed by atoms with Gasteiger partial charge in [0, 0.05) is 12.8 Å². The smallest absolute Gasteiger partial charge is 0.0344 e. The third-order valence-electron chi connectivity index (χ3n) is 9.60. The van der Waals surface area contributed by atoms with E-state index in [4.69, 9.17) is 0 Å². The van der Waals surface area contributed by atoms with Gasteiger partial charge in [-0.1, -0.05) is 39.7 Å². The standard InChI is InChI=1S/C24H39N/c1-6-17-13-18-14-19(25-5)8-9-20(18)21-10-11-24(7-2)16(4)15(3)12-22(24)23(17)21/h14-17,20-23H,6-13H2,1-5H3. The highest BCUT2D eigenvalue weighted by Crippen LogP contribution is 2.67. The van der Waals surface area contributed by atoms with Crippen LogP contribution < -0.4 is 0 Å². The van der Waals surface area contributed by atoms with Gasteiger partial charge in [-0.05, 0) is 97.9 Å². The van der Waals surface area contributed by atoms with Gasteiger partial charge in [-0.3, -0.25) is 4.99 Å². The molecule has 3 saturated carbocycles. The summed E-state index contributed by atoms with van der Waals surface area (Å²) in [5, 5.41) is 0. The molecule has 0 saturated heterocycles. The highest BCUT2D eigenvalue weighted by atomic mass is 14.7. The van der Waals surface area contributed by atoms with Crippen molar-refractivity contribution in [1.29, 1.82) is 0 Å². The van der Waals surface area contributed by atoms with Crippen molar-refractivity contribution in [2.45, 2.75) is 79.1 Å². The van der Waals surface area contributed by atoms with Crippen LogP contribution in [0.4, 0.5) is 0 Å². The molecule has 0 bridgehead atoms. The lowest BCUT2D eigenvalue weighted by Crippen LogP contribution is -2.50. The Hall–Kier alpha value is -0.590. The molecule has 4 aliphatic carbocycles. The Bertz CT molecular complexity index is 573. The molecule has 8 atom stereocenters. The van der Waals surface area contributed by atoms with Gasteiger partial charge in [-0.15, -0.1) is 0 Å². The first-order valence-corrected chi connectivity index (χ1v) is 11.2. The number of aliphatic imine (C=N–C) groups is 1. The zero-order valence-corrected chi connectivity index (χ0v) is 17.2. The van der Waals surface area contributed by atoms with E-state index in [0.29, 0.717) is 5.41 Å². The quantitative estimate of drug-likeness (QED) is 0.541. The summed E-state index contributed by atoms with van der Waals surface area (Å²) in [5.41, 5.74) is 3.81. The zero-order valence-electron chi connectivity index (χ0n) is 17.2. The minimum absolute atomic E-state index is 0.667. The monoisotopic (exact) mass is 341 g/mol. The van der Waals surface area contributed by atoms with Crippen LogP contribution >= 0.6 is 0 Å². The lowest BCUT2D eigenvalue weighted by atomic mass is 9.47. The van der Waals surface area contributed by atoms with Crippen molar-refractivity contribution in [3.05, 3.63) is 11.6 Å². The molecule has 0 radical (unpaired) electrons. The summed E-state index contributed by atoms with van der Waals surface area (Å²) < 4.78 is 0. The number of nitrogens with zero attached hydrogens (tertiary/aromatic N) is 1. The third kappa shape index (κ3) is 2.51. The van der Waals surface area contributed by atoms with E-state index >= 15 is 0 Å². The van der Waals surface area contributed by atoms with Crippen LogP contribution in [0.3, 0.4) is 0 Å². The van der Waals surface area contributed by atoms with E-state index in [2.05, 4.69) is 38.8 Å². The molecule has 140 valence electrons. The summed E-state index contributed by atoms with van der Waals surface area (Å²) in [5.74, 6) is 6.68. The average Bonchev–Trinajstić information content (AvgIpc) is 2.91. The maximum Gasteiger partial charge on any atom is 0.0344 e. The lowest BCUT2D eigenvalue weighted by molar-refractivity contribution is -0.0593. The number of hydrogen-bond acceptors (Lipinski definition) is 1. The first-order valence-electron chi connectivity index (χ1n) is 11.2. The first kappa shape index (κ1) is 17.8. The van der Waals surface area contributed by atoms with Gasteiger partial charge in [0.05, 0.1) is 0 Å². The molecular weight excluding hydrogens is 302 g/mol. The molecule has 0 spiro atoms. The normalized spacial score (nSPS) is 50.8. The van der Waals surface area contributed by atoms with Gasteiger partial charge in [-0.2, -0.15) is 0 Å². The van der Waals surface area contributed by atoms with Gasteiger partial charge >= 0.3 is 0 Å². The lowest BCUT2D eigenvalue weighted by Gasteiger charge is -2.57. The predicted octanol–water partition coefficient (Wildman–Crippen LogP) is 6.54. The molecule has 8 unspecified atom stereocenters. The second-order valence-corrected chi connectivity index (χ2v) is 9.93. The summed E-state index contributed by atoms with van der Waals surface area (Å²) in [6.45, 7) is 10.1. The van der Waals surface area contributed by atoms with Gasteiger partial charge in [0.1, 0.15) is 0 Å². The minimum atomic E-state index is 0.667. The summed E-state index contributed by atoms with van der Waals surface area (Å²) in [6, 6.07) is 0. The summed E-state index contributed by atoms with van der Waals surface area (Å²) in [6.07, 6.45) is 13.8. The van der Waals surface area contributed by atoms with Gasteiger partial charge in [0.2, 0.25) is 0 Å². The maximum absolute atomic E-state index is 4.53. The van der Waals surface area contributed by atoms with Gasteiger partial charge in [-0.25, -0.2) is 0 Å². The Kier molecular flexibility index (Phi) is 4.66. The van der Waals surface area contributed by atoms with Crippen LogP contribution in [0.2, 0.25) is 0 Å². The Balaban J connectivity index is 1.71. The Morgan fingerprint density at radius 1 is 1.20 bits per heavy atom. The average molecular weight is 342 g/mol. The fourth-order valence-electron chi connectivity index (χ4n) is 8.14. The van der Waals surface area contributed by atoms with Crippen molar-refractivity contribution in [2.24, 2.45) is 51.8 Å². The highest BCUT2D eigenvalue weighted by molar-refractivity contribution is 5.96. The van der Waals surface area contributed by atoms with Gasteiger partial charge < -0.3 is 0 Å². The van der Waals surface area contributed by atoms with E-state index in [1.165, 1.54) is 57.1 Å². The van der Waals surface area contributed by atoms with Crippen LogP contribution in [-0.2, 0) is 0 Å². The van der Waals surface area contributed by atoms with Crippen molar-refractivity contribution in [3.8, 4) is 0 Å². The van der Waals surface area contributed by atoms with E-state index in [0.717, 1.165) is 41.4 Å². The number of hydrogen-bond donors (Lipinski definition) is 0. The maximum atomic E-state index is 4.53. The van der Waals surface area contributed by atoms with E-state index in [-0.39, 0.29) is 0 Å². The molecular formula is C24H39N. The molecule has 0 aromatic heterocycles. The summed E-state index contributed by atoms with van der Waals surface area (Å²) in [7, 11) is 1.98. The van der Waals surface area contributed by atoms with Crippen LogP contribution in [0.5, 0.6) is 0 Å². The molecule has 0 aliphatic heterocycles. The largest absolute Gasteiger partial charge is 0.293 e. The van der Waals surface area contributed by atoms with E-state index < -0.39 is 0 Å². The summed E-state index contributed by atoms with van der Waals surface area (Å²) in [4.78, 5) is 4.53. The summed E-state index contributed by atoms with van der Waals surface area (Å²) >= 11 is 0. The number of allylic oxidation sites excluding steroid dienone is 2.